The van der Waals surface area contributed by atoms with Crippen LogP contribution >= 0.6 is 0 Å². The van der Waals surface area contributed by atoms with Crippen LogP contribution in [0.15, 0.2) is 66.4 Å². The summed E-state index contributed by atoms with van der Waals surface area (Å²) < 4.78 is 21.5. The minimum absolute atomic E-state index is 0.0238. The molecule has 0 fully saturated rings. The molecule has 0 amide bonds. The number of rotatable bonds is 6. The normalized spacial score (nSPS) is 13.3. The number of ketones is 1. The van der Waals surface area contributed by atoms with Crippen molar-refractivity contribution in [2.45, 2.75) is 0 Å². The second kappa shape index (κ2) is 8.83. The van der Waals surface area contributed by atoms with Crippen LogP contribution < -0.4 is 18.9 Å². The van der Waals surface area contributed by atoms with Gasteiger partial charge in [-0.15, -0.1) is 0 Å². The molecule has 0 saturated carbocycles. The highest BCUT2D eigenvalue weighted by molar-refractivity contribution is 6.14. The molecule has 0 saturated heterocycles. The molecule has 0 unspecified atom stereocenters. The minimum Gasteiger partial charge on any atom is -0.493 e. The number of nitrogens with zero attached hydrogens (tertiary/aromatic N) is 1. The monoisotopic (exact) mass is 447 g/mol. The number of esters is 1. The van der Waals surface area contributed by atoms with Gasteiger partial charge in [-0.3, -0.25) is 14.9 Å². The molecule has 0 bridgehead atoms. The third-order valence-corrected chi connectivity index (χ3v) is 4.85. The van der Waals surface area contributed by atoms with E-state index in [0.29, 0.717) is 22.6 Å². The highest BCUT2D eigenvalue weighted by atomic mass is 16.6. The Morgan fingerprint density at radius 2 is 1.79 bits per heavy atom. The van der Waals surface area contributed by atoms with Gasteiger partial charge < -0.3 is 18.9 Å². The Bertz CT molecular complexity index is 1310. The van der Waals surface area contributed by atoms with Crippen LogP contribution in [0.3, 0.4) is 0 Å². The second-order valence-electron chi connectivity index (χ2n) is 6.91. The van der Waals surface area contributed by atoms with Gasteiger partial charge in [0.1, 0.15) is 11.5 Å². The van der Waals surface area contributed by atoms with Gasteiger partial charge in [-0.25, -0.2) is 4.79 Å². The molecule has 33 heavy (non-hydrogen) atoms. The van der Waals surface area contributed by atoms with Crippen molar-refractivity contribution in [3.8, 4) is 23.0 Å². The number of nitro benzene ring substituents is 1. The Morgan fingerprint density at radius 3 is 2.52 bits per heavy atom. The number of fused-ring (bicyclic) bond motifs is 1. The van der Waals surface area contributed by atoms with Crippen LogP contribution in [0.4, 0.5) is 5.69 Å². The van der Waals surface area contributed by atoms with Crippen LogP contribution in [0.5, 0.6) is 23.0 Å². The molecule has 0 atom stereocenters. The number of hydrogen-bond acceptors (Lipinski definition) is 8. The second-order valence-corrected chi connectivity index (χ2v) is 6.91. The van der Waals surface area contributed by atoms with Gasteiger partial charge in [-0.2, -0.15) is 0 Å². The average Bonchev–Trinajstić information content (AvgIpc) is 3.13. The molecular formula is C24H17NO8. The van der Waals surface area contributed by atoms with Gasteiger partial charge in [0, 0.05) is 18.2 Å². The molecule has 0 spiro atoms. The van der Waals surface area contributed by atoms with E-state index in [1.165, 1.54) is 50.6 Å². The molecule has 0 radical (unpaired) electrons. The highest BCUT2D eigenvalue weighted by Gasteiger charge is 2.28. The van der Waals surface area contributed by atoms with E-state index in [-0.39, 0.29) is 34.3 Å². The minimum atomic E-state index is -0.774. The predicted molar refractivity (Wildman–Crippen MR) is 117 cm³/mol. The molecule has 3 aromatic carbocycles. The number of non-ortho nitro benzene ring substituents is 1. The van der Waals surface area contributed by atoms with Crippen molar-refractivity contribution in [1.29, 1.82) is 0 Å². The molecule has 0 N–H and O–H groups in total. The predicted octanol–water partition coefficient (Wildman–Crippen LogP) is 4.45. The van der Waals surface area contributed by atoms with Crippen molar-refractivity contribution >= 4 is 23.5 Å². The molecule has 1 aliphatic rings. The lowest BCUT2D eigenvalue weighted by Gasteiger charge is -2.08. The highest BCUT2D eigenvalue weighted by Crippen LogP contribution is 2.36. The van der Waals surface area contributed by atoms with Crippen LogP contribution in [0.1, 0.15) is 26.3 Å². The third-order valence-electron chi connectivity index (χ3n) is 4.85. The summed E-state index contributed by atoms with van der Waals surface area (Å²) in [7, 11) is 3.04. The zero-order valence-electron chi connectivity index (χ0n) is 17.6. The first kappa shape index (κ1) is 21.6. The van der Waals surface area contributed by atoms with E-state index in [0.717, 1.165) is 6.07 Å². The van der Waals surface area contributed by atoms with Gasteiger partial charge >= 0.3 is 5.97 Å². The van der Waals surface area contributed by atoms with E-state index in [9.17, 15) is 19.7 Å². The van der Waals surface area contributed by atoms with Crippen molar-refractivity contribution < 1.29 is 33.5 Å². The van der Waals surface area contributed by atoms with Crippen LogP contribution in [0, 0.1) is 10.1 Å². The third kappa shape index (κ3) is 4.38. The van der Waals surface area contributed by atoms with Gasteiger partial charge in [0.25, 0.3) is 5.69 Å². The molecular weight excluding hydrogens is 430 g/mol. The Balaban J connectivity index is 1.54. The molecule has 166 valence electrons. The number of nitro groups is 1. The number of methoxy groups -OCH3 is 2. The molecule has 1 aliphatic heterocycles. The number of hydrogen-bond donors (Lipinski definition) is 0. The summed E-state index contributed by atoms with van der Waals surface area (Å²) in [6, 6.07) is 14.7. The summed E-state index contributed by atoms with van der Waals surface area (Å²) in [6.45, 7) is 0. The Kier molecular flexibility index (Phi) is 5.77. The van der Waals surface area contributed by atoms with Crippen molar-refractivity contribution in [3.05, 3.63) is 93.2 Å². The van der Waals surface area contributed by atoms with Crippen LogP contribution in [0.2, 0.25) is 0 Å². The zero-order valence-corrected chi connectivity index (χ0v) is 17.6. The van der Waals surface area contributed by atoms with E-state index in [1.807, 2.05) is 0 Å². The quantitative estimate of drug-likeness (QED) is 0.179. The standard InChI is InChI=1S/C24H17NO8/c1-30-19-9-6-14(10-21(19)31-2)11-22-23(26)18-8-7-17(13-20(18)33-22)32-24(27)15-4-3-5-16(12-15)25(28)29/h3-13H,1-2H3/b22-11-. The summed E-state index contributed by atoms with van der Waals surface area (Å²) in [5.41, 5.74) is 0.783. The van der Waals surface area contributed by atoms with Gasteiger partial charge in [0.15, 0.2) is 17.3 Å². The Hall–Kier alpha value is -4.66. The summed E-state index contributed by atoms with van der Waals surface area (Å²) in [5, 5.41) is 10.9. The average molecular weight is 447 g/mol. The molecule has 0 aromatic heterocycles. The summed E-state index contributed by atoms with van der Waals surface area (Å²) in [6.07, 6.45) is 1.57. The molecule has 3 aromatic rings. The molecule has 0 aliphatic carbocycles. The fourth-order valence-electron chi connectivity index (χ4n) is 3.24. The lowest BCUT2D eigenvalue weighted by atomic mass is 10.1. The first-order chi connectivity index (χ1) is 15.9. The molecule has 9 nitrogen and oxygen atoms in total. The van der Waals surface area contributed by atoms with Crippen LogP contribution in [-0.2, 0) is 0 Å². The zero-order chi connectivity index (χ0) is 23.5. The van der Waals surface area contributed by atoms with Crippen molar-refractivity contribution in [3.63, 3.8) is 0 Å². The summed E-state index contributed by atoms with van der Waals surface area (Å²) in [4.78, 5) is 35.4. The number of carbonyl (C=O) groups is 2. The van der Waals surface area contributed by atoms with Gasteiger partial charge in [0.05, 0.1) is 30.3 Å². The maximum atomic E-state index is 12.7. The lowest BCUT2D eigenvalue weighted by Crippen LogP contribution is -2.08. The van der Waals surface area contributed by atoms with Crippen molar-refractivity contribution in [2.24, 2.45) is 0 Å². The first-order valence-corrected chi connectivity index (χ1v) is 9.66. The van der Waals surface area contributed by atoms with Crippen molar-refractivity contribution in [1.82, 2.24) is 0 Å². The van der Waals surface area contributed by atoms with Gasteiger partial charge in [-0.05, 0) is 42.0 Å². The van der Waals surface area contributed by atoms with E-state index in [4.69, 9.17) is 18.9 Å². The topological polar surface area (TPSA) is 114 Å². The Labute approximate surface area is 187 Å². The van der Waals surface area contributed by atoms with E-state index < -0.39 is 10.9 Å². The first-order valence-electron chi connectivity index (χ1n) is 9.66. The number of benzene rings is 3. The maximum Gasteiger partial charge on any atom is 0.343 e. The number of allylic oxidation sites excluding steroid dienone is 1. The van der Waals surface area contributed by atoms with Gasteiger partial charge in [0.2, 0.25) is 5.78 Å². The molecule has 4 rings (SSSR count). The number of ether oxygens (including phenoxy) is 4. The fraction of sp³-hybridized carbons (Fsp3) is 0.0833. The SMILES string of the molecule is COc1ccc(/C=C2\Oc3cc(OC(=O)c4cccc([N+](=O)[O-])c4)ccc3C2=O)cc1OC. The summed E-state index contributed by atoms with van der Waals surface area (Å²) in [5.74, 6) is 0.420. The number of carbonyl (C=O) groups excluding carboxylic acids is 2. The fourth-order valence-corrected chi connectivity index (χ4v) is 3.24. The smallest absolute Gasteiger partial charge is 0.343 e. The van der Waals surface area contributed by atoms with Crippen LogP contribution in [0.25, 0.3) is 6.08 Å². The molecule has 9 heteroatoms. The van der Waals surface area contributed by atoms with E-state index in [1.54, 1.807) is 24.3 Å². The van der Waals surface area contributed by atoms with Gasteiger partial charge in [-0.1, -0.05) is 12.1 Å². The number of Topliss-reactive ketones (excluding diaryl/α,β-unsaturated/α-hetero) is 1. The van der Waals surface area contributed by atoms with Crippen LogP contribution in [-0.4, -0.2) is 30.9 Å². The van der Waals surface area contributed by atoms with Crippen molar-refractivity contribution in [2.75, 3.05) is 14.2 Å². The largest absolute Gasteiger partial charge is 0.493 e. The lowest BCUT2D eigenvalue weighted by molar-refractivity contribution is -0.384. The van der Waals surface area contributed by atoms with E-state index in [2.05, 4.69) is 0 Å². The Morgan fingerprint density at radius 1 is 1.00 bits per heavy atom. The molecule has 1 heterocycles. The maximum absolute atomic E-state index is 12.7. The summed E-state index contributed by atoms with van der Waals surface area (Å²) >= 11 is 0. The van der Waals surface area contributed by atoms with E-state index >= 15 is 0 Å².